The normalized spacial score (nSPS) is 20.1. The van der Waals surface area contributed by atoms with Gasteiger partial charge in [-0.25, -0.2) is 37.3 Å². The van der Waals surface area contributed by atoms with Crippen molar-refractivity contribution in [2.24, 2.45) is 0 Å². The quantitative estimate of drug-likeness (QED) is 0.0839. The molecule has 4 unspecified atom stereocenters. The first-order chi connectivity index (χ1) is 52.9. The van der Waals surface area contributed by atoms with E-state index in [0.29, 0.717) is 13.1 Å². The van der Waals surface area contributed by atoms with Crippen LogP contribution >= 0.6 is 0 Å². The molecule has 0 N–H and O–H groups in total. The Labute approximate surface area is 646 Å². The fourth-order valence-corrected chi connectivity index (χ4v) is 18.5. The summed E-state index contributed by atoms with van der Waals surface area (Å²) in [7, 11) is -5.35. The molecule has 17 rings (SSSR count). The van der Waals surface area contributed by atoms with E-state index < -0.39 is 20.5 Å². The van der Waals surface area contributed by atoms with Gasteiger partial charge in [-0.1, -0.05) is 267 Å². The minimum absolute atomic E-state index is 0.302. The standard InChI is InChI=1S/C96H84N4.2ClHO4/c1-93(61-67-29-11-7-12-30-67)85(97(5)81-57-53-73-37-19-23-41-77(73)89(81)93)45-27-47-87-95(3,63-69-33-15-9-16-34-69)91-79-43-25-21-39-75(79)55-59-83(91)99(87)65-71-49-51-72(52-50-71)66-100-84-60-56-76-40-22-26-44-80(76)92(84)96(4,64-70-35-17-10-18-36-70)88(100)48-28-46-86-94(2,62-68-31-13-8-14-32-68)90-78-42-24-20-38-74(78)54-58-82(90)98(86)6;2*2-1(3,4)5/h7-60H,61-66H2,1-6H3;2*(H,2,3,4,5)/q+2;;/p-2. The van der Waals surface area contributed by atoms with Gasteiger partial charge in [-0.2, -0.15) is 9.15 Å². The van der Waals surface area contributed by atoms with E-state index in [1.165, 1.54) is 144 Å². The molecule has 13 aromatic rings. The zero-order valence-corrected chi connectivity index (χ0v) is 63.7. The van der Waals surface area contributed by atoms with Crippen LogP contribution < -0.4 is 47.1 Å². The van der Waals surface area contributed by atoms with E-state index in [1.807, 2.05) is 0 Å². The average molecular weight is 1490 g/mol. The van der Waals surface area contributed by atoms with Gasteiger partial charge >= 0.3 is 0 Å². The van der Waals surface area contributed by atoms with Gasteiger partial charge in [0.25, 0.3) is 0 Å². The van der Waals surface area contributed by atoms with Crippen molar-refractivity contribution in [1.29, 1.82) is 0 Å². The third-order valence-electron chi connectivity index (χ3n) is 23.0. The summed E-state index contributed by atoms with van der Waals surface area (Å²) < 4.78 is 73.2. The first-order valence-electron chi connectivity index (χ1n) is 37.0. The van der Waals surface area contributed by atoms with Gasteiger partial charge in [0.05, 0.1) is 10.8 Å². The minimum Gasteiger partial charge on any atom is -0.347 e. The zero-order valence-electron chi connectivity index (χ0n) is 62.2. The Hall–Kier alpha value is -10.9. The highest BCUT2D eigenvalue weighted by molar-refractivity contribution is 6.10. The van der Waals surface area contributed by atoms with E-state index in [4.69, 9.17) is 37.3 Å². The molecule has 0 saturated heterocycles. The monoisotopic (exact) mass is 1490 g/mol. The smallest absolute Gasteiger partial charge is 0.210 e. The van der Waals surface area contributed by atoms with Crippen LogP contribution in [0.25, 0.3) is 43.1 Å². The predicted octanol–water partition coefficient (Wildman–Crippen LogP) is 12.6. The van der Waals surface area contributed by atoms with E-state index >= 15 is 0 Å². The maximum Gasteiger partial charge on any atom is 0.210 e. The van der Waals surface area contributed by atoms with Gasteiger partial charge in [-0.05, 0) is 166 Å². The van der Waals surface area contributed by atoms with E-state index in [2.05, 4.69) is 388 Å². The summed E-state index contributed by atoms with van der Waals surface area (Å²) in [6.45, 7) is 11.3. The molecule has 0 fully saturated rings. The first-order valence-corrected chi connectivity index (χ1v) is 39.5. The van der Waals surface area contributed by atoms with Crippen LogP contribution in [0.4, 0.5) is 22.7 Å². The maximum absolute atomic E-state index is 8.49. The lowest BCUT2D eigenvalue weighted by Gasteiger charge is -2.29. The average Bonchev–Trinajstić information content (AvgIpc) is 1.58. The van der Waals surface area contributed by atoms with Crippen LogP contribution in [0, 0.1) is 20.5 Å². The molecule has 13 aromatic carbocycles. The Morgan fingerprint density at radius 2 is 0.545 bits per heavy atom. The van der Waals surface area contributed by atoms with Crippen molar-refractivity contribution in [2.75, 3.05) is 23.9 Å². The molecular weight excluding hydrogens is 1410 g/mol. The molecule has 0 bridgehead atoms. The van der Waals surface area contributed by atoms with E-state index in [-0.39, 0.29) is 21.7 Å². The fraction of sp³-hybridized carbons (Fsp3) is 0.167. The van der Waals surface area contributed by atoms with E-state index in [0.717, 1.165) is 25.7 Å². The summed E-state index contributed by atoms with van der Waals surface area (Å²) in [6, 6.07) is 109. The highest BCUT2D eigenvalue weighted by Gasteiger charge is 2.52. The molecular formula is C96H84Cl2N4O8. The van der Waals surface area contributed by atoms with Crippen molar-refractivity contribution in [3.8, 4) is 0 Å². The van der Waals surface area contributed by atoms with Crippen LogP contribution in [-0.4, -0.2) is 34.7 Å². The molecule has 14 heteroatoms. The summed E-state index contributed by atoms with van der Waals surface area (Å²) in [5.74, 6) is 0. The Morgan fingerprint density at radius 3 is 0.845 bits per heavy atom. The molecule has 0 radical (unpaired) electrons. The Bertz CT molecular complexity index is 5470. The molecule has 4 aliphatic heterocycles. The molecule has 4 atom stereocenters. The highest BCUT2D eigenvalue weighted by Crippen LogP contribution is 2.55. The van der Waals surface area contributed by atoms with Crippen LogP contribution in [0.3, 0.4) is 0 Å². The summed E-state index contributed by atoms with van der Waals surface area (Å²) in [4.78, 5) is 4.91. The lowest BCUT2D eigenvalue weighted by Crippen LogP contribution is -2.68. The Kier molecular flexibility index (Phi) is 20.4. The molecule has 110 heavy (non-hydrogen) atoms. The molecule has 0 aliphatic carbocycles. The molecule has 0 amide bonds. The van der Waals surface area contributed by atoms with Gasteiger partial charge in [-0.15, -0.1) is 20.5 Å². The Morgan fingerprint density at radius 1 is 0.291 bits per heavy atom. The van der Waals surface area contributed by atoms with Crippen LogP contribution in [0.1, 0.15) is 83.3 Å². The van der Waals surface area contributed by atoms with Crippen LogP contribution in [0.2, 0.25) is 0 Å². The number of allylic oxidation sites excluding steroid dienone is 8. The second kappa shape index (κ2) is 30.1. The molecule has 0 spiro atoms. The third kappa shape index (κ3) is 14.7. The SMILES string of the molecule is CN1/C(=C/C=C/C2=[N+](Cc3ccc(C[N+]4=C(/C=C/C=C5/N(C)c6ccc7ccccc7c6C5(C)Cc5ccccc5)C(C)(Cc5ccccc5)c5c4ccc4ccccc54)cc3)c3ccc4ccccc4c3C2(C)Cc2ccccc2)C(C)(Cc2ccccc2)c2c1ccc1ccccc21.[O-][Cl+3]([O-])([O-])[O-].[O-][Cl+3]([O-])([O-])[O-]. The number of anilines is 2. The number of benzene rings is 13. The second-order valence-corrected chi connectivity index (χ2v) is 31.7. The highest BCUT2D eigenvalue weighted by atomic mass is 35.7. The summed E-state index contributed by atoms with van der Waals surface area (Å²) >= 11 is 0. The lowest BCUT2D eigenvalue weighted by atomic mass is 9.72. The molecule has 0 saturated carbocycles. The van der Waals surface area contributed by atoms with Crippen molar-refractivity contribution < 1.29 is 66.9 Å². The summed E-state index contributed by atoms with van der Waals surface area (Å²) in [5, 5.41) is 10.3. The van der Waals surface area contributed by atoms with Crippen molar-refractivity contribution >= 4 is 77.3 Å². The number of hydrogen-bond acceptors (Lipinski definition) is 10. The number of hydrogen-bond donors (Lipinski definition) is 0. The largest absolute Gasteiger partial charge is 0.347 e. The molecule has 4 heterocycles. The predicted molar refractivity (Wildman–Crippen MR) is 421 cm³/mol. The molecule has 0 aromatic heterocycles. The van der Waals surface area contributed by atoms with E-state index in [9.17, 15) is 0 Å². The minimum atomic E-state index is -4.94. The number of halogens is 2. The van der Waals surface area contributed by atoms with Crippen molar-refractivity contribution in [3.63, 3.8) is 0 Å². The van der Waals surface area contributed by atoms with Crippen molar-refractivity contribution in [1.82, 2.24) is 0 Å². The fourth-order valence-electron chi connectivity index (χ4n) is 18.5. The second-order valence-electron chi connectivity index (χ2n) is 30.2. The van der Waals surface area contributed by atoms with Crippen molar-refractivity contribution in [2.45, 2.75) is 88.1 Å². The van der Waals surface area contributed by atoms with Gasteiger partial charge in [0.2, 0.25) is 11.4 Å². The number of rotatable bonds is 16. The summed E-state index contributed by atoms with van der Waals surface area (Å²) in [5.41, 5.74) is 22.2. The number of fused-ring (bicyclic) bond motifs is 12. The molecule has 12 nitrogen and oxygen atoms in total. The number of likely N-dealkylation sites (N-methyl/N-ethyl adjacent to an activating group) is 2. The van der Waals surface area contributed by atoms with Gasteiger partial charge in [-0.3, -0.25) is 0 Å². The van der Waals surface area contributed by atoms with Crippen LogP contribution in [0.15, 0.2) is 339 Å². The summed E-state index contributed by atoms with van der Waals surface area (Å²) in [6.07, 6.45) is 18.0. The molecule has 550 valence electrons. The number of nitrogens with zero attached hydrogens (tertiary/aromatic N) is 4. The van der Waals surface area contributed by atoms with Gasteiger partial charge in [0, 0.05) is 94.2 Å². The van der Waals surface area contributed by atoms with Crippen LogP contribution in [0.5, 0.6) is 0 Å². The van der Waals surface area contributed by atoms with E-state index in [1.54, 1.807) is 0 Å². The van der Waals surface area contributed by atoms with Gasteiger partial charge < -0.3 is 9.80 Å². The first kappa shape index (κ1) is 74.5. The molecule has 4 aliphatic rings. The zero-order chi connectivity index (χ0) is 76.7. The van der Waals surface area contributed by atoms with Gasteiger partial charge in [0.1, 0.15) is 0 Å². The van der Waals surface area contributed by atoms with Gasteiger partial charge in [0.15, 0.2) is 24.5 Å². The van der Waals surface area contributed by atoms with Crippen molar-refractivity contribution in [3.05, 3.63) is 395 Å². The van der Waals surface area contributed by atoms with Crippen LogP contribution in [-0.2, 0) is 60.4 Å². The Balaban J connectivity index is 0.000000905. The topological polar surface area (TPSA) is 197 Å². The lowest BCUT2D eigenvalue weighted by molar-refractivity contribution is -2.00. The third-order valence-corrected chi connectivity index (χ3v) is 23.0. The maximum atomic E-state index is 8.49.